The monoisotopic (exact) mass is 320 g/mol. The summed E-state index contributed by atoms with van der Waals surface area (Å²) in [4.78, 5) is 20.7. The molecule has 128 valence electrons. The molecule has 0 atom stereocenters. The van der Waals surface area contributed by atoms with Crippen molar-refractivity contribution in [1.29, 1.82) is 0 Å². The summed E-state index contributed by atoms with van der Waals surface area (Å²) in [6.07, 6.45) is 1.50. The van der Waals surface area contributed by atoms with Gasteiger partial charge in [-0.15, -0.1) is 0 Å². The van der Waals surface area contributed by atoms with Crippen molar-refractivity contribution in [2.45, 2.75) is 32.9 Å². The average Bonchev–Trinajstić information content (AvgIpc) is 2.48. The topological polar surface area (TPSA) is 57.7 Å². The summed E-state index contributed by atoms with van der Waals surface area (Å²) in [7, 11) is 0. The van der Waals surface area contributed by atoms with E-state index in [-0.39, 0.29) is 6.09 Å². The Morgan fingerprint density at radius 1 is 1.22 bits per heavy atom. The highest BCUT2D eigenvalue weighted by Crippen LogP contribution is 2.07. The number of nitrogens with one attached hydrogen (secondary N) is 1. The van der Waals surface area contributed by atoms with Crippen molar-refractivity contribution in [1.82, 2.24) is 20.1 Å². The number of amides is 1. The maximum atomic E-state index is 11.6. The van der Waals surface area contributed by atoms with E-state index < -0.39 is 5.60 Å². The number of ether oxygens (including phenoxy) is 1. The quantitative estimate of drug-likeness (QED) is 0.895. The van der Waals surface area contributed by atoms with Crippen LogP contribution in [-0.4, -0.2) is 65.7 Å². The smallest absolute Gasteiger partial charge is 0.407 e. The molecule has 6 heteroatoms. The Balaban J connectivity index is 1.61. The SMILES string of the molecule is CC(C)(C)OC(=O)NCCN1CCN(Cc2ccccn2)CC1. The lowest BCUT2D eigenvalue weighted by Gasteiger charge is -2.34. The van der Waals surface area contributed by atoms with Crippen molar-refractivity contribution in [3.63, 3.8) is 0 Å². The molecule has 2 heterocycles. The van der Waals surface area contributed by atoms with E-state index in [0.29, 0.717) is 6.54 Å². The van der Waals surface area contributed by atoms with Gasteiger partial charge in [-0.1, -0.05) is 6.07 Å². The standard InChI is InChI=1S/C17H28N4O2/c1-17(2,3)23-16(22)19-8-9-20-10-12-21(13-11-20)14-15-6-4-5-7-18-15/h4-7H,8-14H2,1-3H3,(H,19,22). The van der Waals surface area contributed by atoms with Gasteiger partial charge < -0.3 is 10.1 Å². The molecule has 1 fully saturated rings. The van der Waals surface area contributed by atoms with Gasteiger partial charge in [0.25, 0.3) is 0 Å². The van der Waals surface area contributed by atoms with Gasteiger partial charge in [0.15, 0.2) is 0 Å². The van der Waals surface area contributed by atoms with Gasteiger partial charge in [-0.2, -0.15) is 0 Å². The molecule has 1 amide bonds. The molecule has 1 saturated heterocycles. The largest absolute Gasteiger partial charge is 0.444 e. The minimum atomic E-state index is -0.443. The molecule has 0 aromatic carbocycles. The van der Waals surface area contributed by atoms with E-state index in [4.69, 9.17) is 4.74 Å². The first kappa shape index (κ1) is 17.7. The molecule has 2 rings (SSSR count). The molecular weight excluding hydrogens is 292 g/mol. The molecule has 23 heavy (non-hydrogen) atoms. The van der Waals surface area contributed by atoms with E-state index in [1.165, 1.54) is 0 Å². The van der Waals surface area contributed by atoms with Crippen LogP contribution in [0.2, 0.25) is 0 Å². The molecule has 0 bridgehead atoms. The van der Waals surface area contributed by atoms with Crippen molar-refractivity contribution in [2.24, 2.45) is 0 Å². The number of carbonyl (C=O) groups excluding carboxylic acids is 1. The van der Waals surface area contributed by atoms with Gasteiger partial charge in [0, 0.05) is 52.0 Å². The van der Waals surface area contributed by atoms with Crippen LogP contribution < -0.4 is 5.32 Å². The Morgan fingerprint density at radius 3 is 2.52 bits per heavy atom. The Hall–Kier alpha value is -1.66. The normalized spacial score (nSPS) is 17.0. The number of hydrogen-bond donors (Lipinski definition) is 1. The van der Waals surface area contributed by atoms with Gasteiger partial charge >= 0.3 is 6.09 Å². The molecule has 1 aliphatic rings. The molecule has 0 unspecified atom stereocenters. The fraction of sp³-hybridized carbons (Fsp3) is 0.647. The molecule has 0 spiro atoms. The summed E-state index contributed by atoms with van der Waals surface area (Å²) in [5.74, 6) is 0. The van der Waals surface area contributed by atoms with Crippen LogP contribution in [0.15, 0.2) is 24.4 Å². The lowest BCUT2D eigenvalue weighted by molar-refractivity contribution is 0.0515. The molecule has 6 nitrogen and oxygen atoms in total. The van der Waals surface area contributed by atoms with E-state index in [0.717, 1.165) is 45.0 Å². The molecule has 1 aromatic rings. The molecule has 1 aliphatic heterocycles. The molecular formula is C17H28N4O2. The van der Waals surface area contributed by atoms with Gasteiger partial charge in [0.1, 0.15) is 5.60 Å². The van der Waals surface area contributed by atoms with Gasteiger partial charge in [-0.3, -0.25) is 14.8 Å². The van der Waals surface area contributed by atoms with Crippen molar-refractivity contribution in [3.05, 3.63) is 30.1 Å². The van der Waals surface area contributed by atoms with E-state index in [9.17, 15) is 4.79 Å². The summed E-state index contributed by atoms with van der Waals surface area (Å²) in [5.41, 5.74) is 0.675. The minimum absolute atomic E-state index is 0.341. The predicted molar refractivity (Wildman–Crippen MR) is 90.2 cm³/mol. The predicted octanol–water partition coefficient (Wildman–Crippen LogP) is 1.72. The number of carbonyl (C=O) groups is 1. The summed E-state index contributed by atoms with van der Waals surface area (Å²) in [6.45, 7) is 12.1. The van der Waals surface area contributed by atoms with Crippen LogP contribution in [0.5, 0.6) is 0 Å². The number of hydrogen-bond acceptors (Lipinski definition) is 5. The zero-order valence-electron chi connectivity index (χ0n) is 14.4. The molecule has 1 N–H and O–H groups in total. The highest BCUT2D eigenvalue weighted by Gasteiger charge is 2.18. The number of aromatic nitrogens is 1. The van der Waals surface area contributed by atoms with Crippen molar-refractivity contribution in [2.75, 3.05) is 39.3 Å². The van der Waals surface area contributed by atoms with Gasteiger partial charge in [-0.25, -0.2) is 4.79 Å². The average molecular weight is 320 g/mol. The lowest BCUT2D eigenvalue weighted by Crippen LogP contribution is -2.48. The fourth-order valence-corrected chi connectivity index (χ4v) is 2.52. The molecule has 0 saturated carbocycles. The van der Waals surface area contributed by atoms with E-state index >= 15 is 0 Å². The third-order valence-corrected chi connectivity index (χ3v) is 3.67. The molecule has 0 radical (unpaired) electrons. The Bertz CT molecular complexity index is 479. The van der Waals surface area contributed by atoms with E-state index in [1.807, 2.05) is 39.1 Å². The number of alkyl carbamates (subject to hydrolysis) is 1. The number of nitrogens with zero attached hydrogens (tertiary/aromatic N) is 3. The third-order valence-electron chi connectivity index (χ3n) is 3.67. The van der Waals surface area contributed by atoms with Gasteiger partial charge in [-0.05, 0) is 32.9 Å². The second-order valence-electron chi connectivity index (χ2n) is 6.87. The van der Waals surface area contributed by atoms with Crippen LogP contribution in [-0.2, 0) is 11.3 Å². The highest BCUT2D eigenvalue weighted by molar-refractivity contribution is 5.67. The van der Waals surface area contributed by atoms with Crippen molar-refractivity contribution < 1.29 is 9.53 Å². The maximum absolute atomic E-state index is 11.6. The lowest BCUT2D eigenvalue weighted by atomic mass is 10.2. The van der Waals surface area contributed by atoms with Gasteiger partial charge in [0.2, 0.25) is 0 Å². The van der Waals surface area contributed by atoms with E-state index in [1.54, 1.807) is 0 Å². The van der Waals surface area contributed by atoms with Crippen molar-refractivity contribution in [3.8, 4) is 0 Å². The van der Waals surface area contributed by atoms with Crippen LogP contribution >= 0.6 is 0 Å². The van der Waals surface area contributed by atoms with Gasteiger partial charge in [0.05, 0.1) is 5.69 Å². The third kappa shape index (κ3) is 6.97. The fourth-order valence-electron chi connectivity index (χ4n) is 2.52. The van der Waals surface area contributed by atoms with E-state index in [2.05, 4.69) is 26.2 Å². The Labute approximate surface area is 138 Å². The summed E-state index contributed by atoms with van der Waals surface area (Å²) in [5, 5.41) is 2.81. The first-order valence-electron chi connectivity index (χ1n) is 8.24. The second-order valence-corrected chi connectivity index (χ2v) is 6.87. The summed E-state index contributed by atoms with van der Waals surface area (Å²) >= 11 is 0. The molecule has 0 aliphatic carbocycles. The zero-order chi connectivity index (χ0) is 16.7. The number of pyridine rings is 1. The van der Waals surface area contributed by atoms with Crippen LogP contribution in [0.4, 0.5) is 4.79 Å². The van der Waals surface area contributed by atoms with Crippen molar-refractivity contribution >= 4 is 6.09 Å². The van der Waals surface area contributed by atoms with Crippen LogP contribution in [0.25, 0.3) is 0 Å². The van der Waals surface area contributed by atoms with Crippen LogP contribution in [0.1, 0.15) is 26.5 Å². The number of piperazine rings is 1. The zero-order valence-corrected chi connectivity index (χ0v) is 14.4. The Morgan fingerprint density at radius 2 is 1.91 bits per heavy atom. The van der Waals surface area contributed by atoms with Crippen LogP contribution in [0, 0.1) is 0 Å². The minimum Gasteiger partial charge on any atom is -0.444 e. The maximum Gasteiger partial charge on any atom is 0.407 e. The second kappa shape index (κ2) is 8.26. The first-order valence-corrected chi connectivity index (χ1v) is 8.24. The summed E-state index contributed by atoms with van der Waals surface area (Å²) in [6, 6.07) is 6.04. The first-order chi connectivity index (χ1) is 10.9. The Kier molecular flexibility index (Phi) is 6.36. The number of rotatable bonds is 5. The van der Waals surface area contributed by atoms with Crippen LogP contribution in [0.3, 0.4) is 0 Å². The molecule has 1 aromatic heterocycles. The summed E-state index contributed by atoms with van der Waals surface area (Å²) < 4.78 is 5.23. The highest BCUT2D eigenvalue weighted by atomic mass is 16.6.